The average Bonchev–Trinajstić information content (AvgIpc) is 2.87. The van der Waals surface area contributed by atoms with E-state index < -0.39 is 0 Å². The van der Waals surface area contributed by atoms with Gasteiger partial charge in [0, 0.05) is 35.6 Å². The molecule has 2 aliphatic rings. The zero-order chi connectivity index (χ0) is 13.5. The first-order valence-corrected chi connectivity index (χ1v) is 6.85. The van der Waals surface area contributed by atoms with Crippen molar-refractivity contribution in [2.75, 3.05) is 6.54 Å². The van der Waals surface area contributed by atoms with E-state index in [1.54, 1.807) is 0 Å². The van der Waals surface area contributed by atoms with Crippen LogP contribution in [-0.2, 0) is 6.54 Å². The molecule has 2 aromatic carbocycles. The summed E-state index contributed by atoms with van der Waals surface area (Å²) < 4.78 is 2.23. The zero-order valence-corrected chi connectivity index (χ0v) is 11.1. The van der Waals surface area contributed by atoms with E-state index >= 15 is 0 Å². The number of fused-ring (bicyclic) bond motifs is 5. The van der Waals surface area contributed by atoms with Crippen molar-refractivity contribution in [3.8, 4) is 11.3 Å². The minimum absolute atomic E-state index is 0.631. The molecule has 0 saturated carbocycles. The maximum Gasteiger partial charge on any atom is 0.0824 e. The highest BCUT2D eigenvalue weighted by molar-refractivity contribution is 6.06. The van der Waals surface area contributed by atoms with E-state index in [0.29, 0.717) is 6.54 Å². The number of benzene rings is 2. The molecule has 3 nitrogen and oxygen atoms in total. The van der Waals surface area contributed by atoms with Crippen LogP contribution in [0.2, 0.25) is 0 Å². The predicted octanol–water partition coefficient (Wildman–Crippen LogP) is 3.25. The molecule has 2 aromatic rings. The summed E-state index contributed by atoms with van der Waals surface area (Å²) in [4.78, 5) is 4.80. The van der Waals surface area contributed by atoms with Gasteiger partial charge in [0.25, 0.3) is 0 Å². The highest BCUT2D eigenvalue weighted by Gasteiger charge is 2.16. The van der Waals surface area contributed by atoms with Crippen LogP contribution in [0.4, 0.5) is 0 Å². The van der Waals surface area contributed by atoms with E-state index in [1.165, 1.54) is 21.9 Å². The molecule has 0 fully saturated rings. The summed E-state index contributed by atoms with van der Waals surface area (Å²) in [5.74, 6) is 0. The third-order valence-corrected chi connectivity index (χ3v) is 3.81. The molecule has 2 N–H and O–H groups in total. The molecule has 0 bridgehead atoms. The van der Waals surface area contributed by atoms with Crippen LogP contribution < -0.4 is 5.73 Å². The number of nitrogens with two attached hydrogens (primary N) is 1. The van der Waals surface area contributed by atoms with Crippen LogP contribution in [0.3, 0.4) is 0 Å². The van der Waals surface area contributed by atoms with Gasteiger partial charge in [-0.05, 0) is 12.1 Å². The smallest absolute Gasteiger partial charge is 0.0824 e. The number of aromatic nitrogens is 2. The summed E-state index contributed by atoms with van der Waals surface area (Å²) in [5, 5.41) is 2.40. The summed E-state index contributed by atoms with van der Waals surface area (Å²) >= 11 is 0. The van der Waals surface area contributed by atoms with Crippen molar-refractivity contribution < 1.29 is 0 Å². The summed E-state index contributed by atoms with van der Waals surface area (Å²) in [6.07, 6.45) is 2.18. The lowest BCUT2D eigenvalue weighted by Crippen LogP contribution is -2.11. The molecule has 0 atom stereocenters. The van der Waals surface area contributed by atoms with Crippen molar-refractivity contribution in [2.24, 2.45) is 5.73 Å². The topological polar surface area (TPSA) is 43.8 Å². The van der Waals surface area contributed by atoms with E-state index in [2.05, 4.69) is 53.2 Å². The number of hydrogen-bond donors (Lipinski definition) is 1. The van der Waals surface area contributed by atoms with E-state index in [9.17, 15) is 0 Å². The number of hydrogen-bond acceptors (Lipinski definition) is 2. The van der Waals surface area contributed by atoms with Crippen molar-refractivity contribution in [3.05, 3.63) is 54.7 Å². The highest BCUT2D eigenvalue weighted by Crippen LogP contribution is 2.36. The second-order valence-corrected chi connectivity index (χ2v) is 5.02. The minimum atomic E-state index is 0.631. The van der Waals surface area contributed by atoms with Crippen molar-refractivity contribution in [3.63, 3.8) is 0 Å². The largest absolute Gasteiger partial charge is 0.345 e. The molecule has 0 spiro atoms. The van der Waals surface area contributed by atoms with Gasteiger partial charge in [-0.2, -0.15) is 0 Å². The van der Waals surface area contributed by atoms with E-state index in [4.69, 9.17) is 10.7 Å². The number of nitrogens with zero attached hydrogens (tertiary/aromatic N) is 2. The minimum Gasteiger partial charge on any atom is -0.345 e. The fraction of sp³-hybridized carbons (Fsp3) is 0.118. The number of rotatable bonds is 2. The number of para-hydroxylation sites is 2. The first-order chi connectivity index (χ1) is 9.88. The van der Waals surface area contributed by atoms with Crippen molar-refractivity contribution in [1.29, 1.82) is 0 Å². The fourth-order valence-electron chi connectivity index (χ4n) is 2.92. The molecule has 2 aliphatic heterocycles. The Labute approximate surface area is 117 Å². The van der Waals surface area contributed by atoms with Gasteiger partial charge in [-0.25, -0.2) is 4.98 Å². The Morgan fingerprint density at radius 1 is 0.950 bits per heavy atom. The quantitative estimate of drug-likeness (QED) is 0.602. The summed E-state index contributed by atoms with van der Waals surface area (Å²) in [6.45, 7) is 1.45. The zero-order valence-electron chi connectivity index (χ0n) is 11.1. The van der Waals surface area contributed by atoms with Crippen LogP contribution in [0, 0.1) is 0 Å². The highest BCUT2D eigenvalue weighted by atomic mass is 15.0. The van der Waals surface area contributed by atoms with Crippen molar-refractivity contribution in [2.45, 2.75) is 6.54 Å². The molecule has 0 amide bonds. The second kappa shape index (κ2) is 4.32. The molecule has 3 heteroatoms. The van der Waals surface area contributed by atoms with Gasteiger partial charge in [0.05, 0.1) is 16.7 Å². The van der Waals surface area contributed by atoms with Crippen LogP contribution in [-0.4, -0.2) is 16.1 Å². The van der Waals surface area contributed by atoms with Crippen LogP contribution in [0.1, 0.15) is 0 Å². The first kappa shape index (κ1) is 11.4. The first-order valence-electron chi connectivity index (χ1n) is 6.85. The summed E-state index contributed by atoms with van der Waals surface area (Å²) in [7, 11) is 0. The maximum absolute atomic E-state index is 5.75. The second-order valence-electron chi connectivity index (χ2n) is 5.02. The van der Waals surface area contributed by atoms with Gasteiger partial charge >= 0.3 is 0 Å². The molecule has 4 rings (SSSR count). The molecule has 98 valence electrons. The van der Waals surface area contributed by atoms with E-state index in [-0.39, 0.29) is 0 Å². The predicted molar refractivity (Wildman–Crippen MR) is 82.9 cm³/mol. The lowest BCUT2D eigenvalue weighted by molar-refractivity contribution is 0.730. The Morgan fingerprint density at radius 2 is 1.70 bits per heavy atom. The van der Waals surface area contributed by atoms with Crippen LogP contribution in [0.15, 0.2) is 54.7 Å². The average molecular weight is 261 g/mol. The van der Waals surface area contributed by atoms with Gasteiger partial charge in [0.2, 0.25) is 0 Å². The van der Waals surface area contributed by atoms with E-state index in [1.807, 2.05) is 6.07 Å². The van der Waals surface area contributed by atoms with Gasteiger partial charge in [0.1, 0.15) is 0 Å². The monoisotopic (exact) mass is 261 g/mol. The number of pyridine rings is 1. The van der Waals surface area contributed by atoms with Crippen LogP contribution in [0.5, 0.6) is 0 Å². The van der Waals surface area contributed by atoms with E-state index in [0.717, 1.165) is 17.8 Å². The molecule has 0 aromatic heterocycles. The van der Waals surface area contributed by atoms with Crippen LogP contribution in [0.25, 0.3) is 33.1 Å². The Morgan fingerprint density at radius 3 is 2.55 bits per heavy atom. The summed E-state index contributed by atoms with van der Waals surface area (Å²) in [6, 6.07) is 16.7. The Balaban J connectivity index is 2.20. The maximum atomic E-state index is 5.75. The third-order valence-electron chi connectivity index (χ3n) is 3.81. The Kier molecular flexibility index (Phi) is 2.47. The molecule has 20 heavy (non-hydrogen) atoms. The van der Waals surface area contributed by atoms with Gasteiger partial charge in [-0.3, -0.25) is 0 Å². The van der Waals surface area contributed by atoms with Gasteiger partial charge in [0.15, 0.2) is 0 Å². The van der Waals surface area contributed by atoms with Crippen molar-refractivity contribution >= 4 is 21.8 Å². The lowest BCUT2D eigenvalue weighted by atomic mass is 10.1. The van der Waals surface area contributed by atoms with Crippen LogP contribution >= 0.6 is 0 Å². The van der Waals surface area contributed by atoms with Gasteiger partial charge in [-0.15, -0.1) is 0 Å². The van der Waals surface area contributed by atoms with Crippen molar-refractivity contribution in [1.82, 2.24) is 9.55 Å². The lowest BCUT2D eigenvalue weighted by Gasteiger charge is -2.13. The normalized spacial score (nSPS) is 11.7. The summed E-state index contributed by atoms with van der Waals surface area (Å²) in [5.41, 5.74) is 10.3. The molecule has 0 radical (unpaired) electrons. The molecule has 0 saturated heterocycles. The molecule has 0 aliphatic carbocycles. The van der Waals surface area contributed by atoms with Gasteiger partial charge < -0.3 is 10.3 Å². The molecular formula is C17H15N3. The Bertz CT molecular complexity index is 876. The SMILES string of the molecule is NCCn1cc2c3ccccc3nc-2c2ccccc21. The molecular weight excluding hydrogens is 246 g/mol. The van der Waals surface area contributed by atoms with Gasteiger partial charge in [-0.1, -0.05) is 36.4 Å². The standard InChI is InChI=1S/C17H15N3/c18-9-10-20-11-14-12-5-1-3-7-15(12)19-17(14)13-6-2-4-8-16(13)20/h1-8,11H,9-10,18H2. The fourth-order valence-corrected chi connectivity index (χ4v) is 2.92. The molecule has 2 heterocycles. The molecule has 0 unspecified atom stereocenters. The third kappa shape index (κ3) is 1.53. The Hall–Kier alpha value is -2.39.